The van der Waals surface area contributed by atoms with Crippen molar-refractivity contribution in [1.29, 1.82) is 0 Å². The smallest absolute Gasteiger partial charge is 0.416 e. The van der Waals surface area contributed by atoms with E-state index >= 15 is 0 Å². The van der Waals surface area contributed by atoms with Crippen LogP contribution in [-0.4, -0.2) is 47.1 Å². The van der Waals surface area contributed by atoms with Gasteiger partial charge in [-0.05, 0) is 80.8 Å². The molecule has 1 amide bonds. The molecule has 3 fully saturated rings. The molecule has 42 heavy (non-hydrogen) atoms. The van der Waals surface area contributed by atoms with Crippen molar-refractivity contribution in [2.75, 3.05) is 20.2 Å². The average molecular weight is 600 g/mol. The zero-order valence-corrected chi connectivity index (χ0v) is 23.3. The van der Waals surface area contributed by atoms with Crippen LogP contribution in [0.1, 0.15) is 73.6 Å². The molecule has 230 valence electrons. The molecule has 1 aromatic carbocycles. The largest absolute Gasteiger partial charge is 0.481 e. The number of halogens is 6. The fourth-order valence-corrected chi connectivity index (χ4v) is 6.54. The van der Waals surface area contributed by atoms with Gasteiger partial charge < -0.3 is 15.2 Å². The lowest BCUT2D eigenvalue weighted by Gasteiger charge is -2.40. The number of alkyl halides is 6. The summed E-state index contributed by atoms with van der Waals surface area (Å²) >= 11 is 0. The molecule has 1 aliphatic heterocycles. The van der Waals surface area contributed by atoms with E-state index in [1.807, 2.05) is 6.07 Å². The molecule has 2 heterocycles. The van der Waals surface area contributed by atoms with Crippen molar-refractivity contribution in [2.45, 2.75) is 81.9 Å². The molecule has 2 N–H and O–H groups in total. The van der Waals surface area contributed by atoms with Gasteiger partial charge in [0.05, 0.1) is 29.3 Å². The van der Waals surface area contributed by atoms with Gasteiger partial charge in [0.1, 0.15) is 0 Å². The van der Waals surface area contributed by atoms with Gasteiger partial charge >= 0.3 is 12.4 Å². The van der Waals surface area contributed by atoms with Crippen LogP contribution >= 0.6 is 0 Å². The molecule has 1 aromatic heterocycles. The monoisotopic (exact) mass is 599 g/mol. The van der Waals surface area contributed by atoms with Crippen molar-refractivity contribution < 1.29 is 41.0 Å². The summed E-state index contributed by atoms with van der Waals surface area (Å²) in [5.74, 6) is 0.520. The number of amides is 1. The molecule has 3 aliphatic rings. The Morgan fingerprint density at radius 2 is 1.67 bits per heavy atom. The first-order chi connectivity index (χ1) is 19.7. The van der Waals surface area contributed by atoms with Gasteiger partial charge in [-0.25, -0.2) is 4.98 Å². The number of carbonyl (C=O) groups is 1. The van der Waals surface area contributed by atoms with E-state index in [4.69, 9.17) is 4.74 Å². The Morgan fingerprint density at radius 3 is 2.19 bits per heavy atom. The summed E-state index contributed by atoms with van der Waals surface area (Å²) in [6.45, 7) is 0.707. The number of nitrogens with zero attached hydrogens (tertiary/aromatic N) is 2. The highest BCUT2D eigenvalue weighted by Gasteiger charge is 2.50. The highest BCUT2D eigenvalue weighted by Crippen LogP contribution is 2.47. The Balaban J connectivity index is 1.25. The van der Waals surface area contributed by atoms with Crippen molar-refractivity contribution in [3.63, 3.8) is 0 Å². The van der Waals surface area contributed by atoms with Crippen molar-refractivity contribution in [2.24, 2.45) is 11.3 Å². The molecule has 5 rings (SSSR count). The van der Waals surface area contributed by atoms with Crippen LogP contribution in [0.2, 0.25) is 0 Å². The van der Waals surface area contributed by atoms with E-state index in [-0.39, 0.29) is 23.6 Å². The van der Waals surface area contributed by atoms with Crippen molar-refractivity contribution in [1.82, 2.24) is 15.2 Å². The first-order valence-electron chi connectivity index (χ1n) is 14.2. The number of pyridine rings is 1. The predicted octanol–water partition coefficient (Wildman–Crippen LogP) is 6.07. The summed E-state index contributed by atoms with van der Waals surface area (Å²) in [5.41, 5.74) is -4.08. The van der Waals surface area contributed by atoms with Crippen molar-refractivity contribution in [3.8, 4) is 5.88 Å². The lowest BCUT2D eigenvalue weighted by molar-refractivity contribution is -0.143. The maximum atomic E-state index is 13.6. The Morgan fingerprint density at radius 1 is 1.02 bits per heavy atom. The van der Waals surface area contributed by atoms with Crippen LogP contribution < -0.4 is 10.1 Å². The molecule has 0 radical (unpaired) electrons. The van der Waals surface area contributed by atoms with Crippen molar-refractivity contribution in [3.05, 3.63) is 58.8 Å². The molecule has 1 saturated heterocycles. The van der Waals surface area contributed by atoms with Crippen LogP contribution in [0.25, 0.3) is 0 Å². The van der Waals surface area contributed by atoms with Crippen LogP contribution in [0.5, 0.6) is 5.88 Å². The number of hydrogen-bond donors (Lipinski definition) is 2. The molecule has 1 unspecified atom stereocenters. The minimum atomic E-state index is -4.95. The Hall–Kier alpha value is -2.86. The fraction of sp³-hybridized carbons (Fsp3) is 0.600. The SMILES string of the molecule is COc1ccc(C2(O)CCC(N3CCC(CC4CC4)(C(=O)NCc4cc(C(F)(F)F)cc(C(F)(F)F)c4)C3)CC2)cn1. The number of aliphatic hydroxyl groups is 1. The van der Waals surface area contributed by atoms with Gasteiger partial charge in [-0.2, -0.15) is 26.3 Å². The number of nitrogens with one attached hydrogen (secondary N) is 1. The quantitative estimate of drug-likeness (QED) is 0.361. The Bertz CT molecular complexity index is 1240. The van der Waals surface area contributed by atoms with E-state index in [9.17, 15) is 36.2 Å². The highest BCUT2D eigenvalue weighted by molar-refractivity contribution is 5.83. The van der Waals surface area contributed by atoms with Gasteiger partial charge in [0, 0.05) is 37.0 Å². The maximum Gasteiger partial charge on any atom is 0.416 e. The zero-order valence-electron chi connectivity index (χ0n) is 23.3. The number of benzene rings is 1. The number of methoxy groups -OCH3 is 1. The van der Waals surface area contributed by atoms with Gasteiger partial charge in [0.2, 0.25) is 11.8 Å². The zero-order chi connectivity index (χ0) is 30.3. The number of rotatable bonds is 8. The number of aromatic nitrogens is 1. The van der Waals surface area contributed by atoms with Crippen LogP contribution in [0.3, 0.4) is 0 Å². The van der Waals surface area contributed by atoms with Gasteiger partial charge in [0.15, 0.2) is 0 Å². The third-order valence-corrected chi connectivity index (χ3v) is 9.12. The molecule has 0 bridgehead atoms. The summed E-state index contributed by atoms with van der Waals surface area (Å²) in [6, 6.07) is 5.09. The summed E-state index contributed by atoms with van der Waals surface area (Å²) in [4.78, 5) is 20.1. The standard InChI is InChI=1S/C30H35F6N3O3/c1-42-25-5-4-21(17-37-25)28(41)8-6-24(7-9-28)39-11-10-27(18-39,15-19-2-3-19)26(40)38-16-20-12-22(29(31,32)33)14-23(13-20)30(34,35)36/h4-5,12-14,17,19,24,41H,2-3,6-11,15-16,18H2,1H3,(H,38,40). The fourth-order valence-electron chi connectivity index (χ4n) is 6.54. The van der Waals surface area contributed by atoms with Gasteiger partial charge in [-0.15, -0.1) is 0 Å². The maximum absolute atomic E-state index is 13.6. The summed E-state index contributed by atoms with van der Waals surface area (Å²) < 4.78 is 84.9. The third-order valence-electron chi connectivity index (χ3n) is 9.12. The normalized spacial score (nSPS) is 27.2. The molecule has 2 aliphatic carbocycles. The lowest BCUT2D eigenvalue weighted by Crippen LogP contribution is -2.46. The second-order valence-electron chi connectivity index (χ2n) is 12.1. The predicted molar refractivity (Wildman–Crippen MR) is 141 cm³/mol. The second-order valence-corrected chi connectivity index (χ2v) is 12.1. The van der Waals surface area contributed by atoms with Crippen LogP contribution in [0, 0.1) is 11.3 Å². The lowest BCUT2D eigenvalue weighted by atomic mass is 9.77. The summed E-state index contributed by atoms with van der Waals surface area (Å²) in [6.07, 6.45) is -2.57. The minimum Gasteiger partial charge on any atom is -0.481 e. The summed E-state index contributed by atoms with van der Waals surface area (Å²) in [5, 5.41) is 14.0. The molecule has 0 spiro atoms. The molecule has 1 atom stereocenters. The van der Waals surface area contributed by atoms with Crippen molar-refractivity contribution >= 4 is 5.91 Å². The number of hydrogen-bond acceptors (Lipinski definition) is 5. The Kier molecular flexibility index (Phi) is 8.25. The number of ether oxygens (including phenoxy) is 1. The molecular formula is C30H35F6N3O3. The van der Waals surface area contributed by atoms with E-state index in [1.54, 1.807) is 12.3 Å². The number of likely N-dealkylation sites (tertiary alicyclic amines) is 1. The van der Waals surface area contributed by atoms with Gasteiger partial charge in [0.25, 0.3) is 0 Å². The molecular weight excluding hydrogens is 564 g/mol. The van der Waals surface area contributed by atoms with E-state index < -0.39 is 41.0 Å². The highest BCUT2D eigenvalue weighted by atomic mass is 19.4. The first-order valence-corrected chi connectivity index (χ1v) is 14.2. The van der Waals surface area contributed by atoms with Crippen LogP contribution in [-0.2, 0) is 29.3 Å². The van der Waals surface area contributed by atoms with E-state index in [0.717, 1.165) is 18.4 Å². The van der Waals surface area contributed by atoms with E-state index in [2.05, 4.69) is 15.2 Å². The third kappa shape index (κ3) is 6.69. The first kappa shape index (κ1) is 30.6. The molecule has 2 aromatic rings. The summed E-state index contributed by atoms with van der Waals surface area (Å²) in [7, 11) is 1.52. The molecule has 12 heteroatoms. The number of carbonyl (C=O) groups excluding carboxylic acids is 1. The topological polar surface area (TPSA) is 74.7 Å². The van der Waals surface area contributed by atoms with Crippen LogP contribution in [0.4, 0.5) is 26.3 Å². The van der Waals surface area contributed by atoms with Crippen LogP contribution in [0.15, 0.2) is 36.5 Å². The van der Waals surface area contributed by atoms with Gasteiger partial charge in [-0.1, -0.05) is 12.8 Å². The molecule has 6 nitrogen and oxygen atoms in total. The average Bonchev–Trinajstić information content (AvgIpc) is 3.66. The van der Waals surface area contributed by atoms with Gasteiger partial charge in [-0.3, -0.25) is 9.69 Å². The van der Waals surface area contributed by atoms with E-state index in [1.165, 1.54) is 7.11 Å². The minimum absolute atomic E-state index is 0.0884. The van der Waals surface area contributed by atoms with E-state index in [0.29, 0.717) is 75.5 Å². The Labute approximate surface area is 240 Å². The second kappa shape index (κ2) is 11.3. The molecule has 2 saturated carbocycles.